The summed E-state index contributed by atoms with van der Waals surface area (Å²) >= 11 is 5.85. The molecule has 1 N–H and O–H groups in total. The van der Waals surface area contributed by atoms with Gasteiger partial charge in [0, 0.05) is 17.0 Å². The molecule has 2 aromatic carbocycles. The lowest BCUT2D eigenvalue weighted by Crippen LogP contribution is -2.23. The summed E-state index contributed by atoms with van der Waals surface area (Å²) in [5.74, 6) is 0.790. The fourth-order valence-corrected chi connectivity index (χ4v) is 2.33. The molecule has 0 bridgehead atoms. The van der Waals surface area contributed by atoms with Crippen molar-refractivity contribution in [1.29, 1.82) is 0 Å². The molecule has 0 saturated heterocycles. The monoisotopic (exact) mass is 341 g/mol. The molecule has 0 radical (unpaired) electrons. The number of carbonyl (C=O) groups excluding carboxylic acids is 1. The van der Waals surface area contributed by atoms with Gasteiger partial charge in [-0.05, 0) is 36.2 Å². The first-order valence-corrected chi connectivity index (χ1v) is 7.97. The number of nitrogens with zero attached hydrogens (tertiary/aromatic N) is 2. The molecular weight excluding hydrogens is 326 g/mol. The molecule has 1 aromatic heterocycles. The molecule has 1 amide bonds. The zero-order valence-corrected chi connectivity index (χ0v) is 13.7. The average molecular weight is 342 g/mol. The van der Waals surface area contributed by atoms with Gasteiger partial charge in [0.05, 0.1) is 6.54 Å². The Morgan fingerprint density at radius 2 is 1.83 bits per heavy atom. The quantitative estimate of drug-likeness (QED) is 0.743. The highest BCUT2D eigenvalue weighted by Gasteiger charge is 2.10. The van der Waals surface area contributed by atoms with Crippen LogP contribution in [0.2, 0.25) is 5.02 Å². The Morgan fingerprint density at radius 3 is 2.58 bits per heavy atom. The number of rotatable bonds is 6. The Bertz CT molecular complexity index is 801. The summed E-state index contributed by atoms with van der Waals surface area (Å²) in [6.45, 7) is 0.216. The molecule has 122 valence electrons. The molecule has 5 nitrogen and oxygen atoms in total. The molecule has 1 heterocycles. The molecule has 0 aliphatic rings. The smallest absolute Gasteiger partial charge is 0.246 e. The molecule has 0 unspecified atom stereocenters. The second-order valence-corrected chi connectivity index (χ2v) is 5.72. The van der Waals surface area contributed by atoms with E-state index >= 15 is 0 Å². The average Bonchev–Trinajstić information content (AvgIpc) is 3.09. The molecule has 3 rings (SSSR count). The van der Waals surface area contributed by atoms with Crippen LogP contribution in [0.1, 0.15) is 17.9 Å². The highest BCUT2D eigenvalue weighted by Crippen LogP contribution is 2.18. The lowest BCUT2D eigenvalue weighted by Gasteiger charge is -2.02. The highest BCUT2D eigenvalue weighted by atomic mass is 35.5. The Labute approximate surface area is 144 Å². The van der Waals surface area contributed by atoms with Gasteiger partial charge in [-0.15, -0.1) is 0 Å². The zero-order chi connectivity index (χ0) is 16.8. The van der Waals surface area contributed by atoms with Gasteiger partial charge in [-0.2, -0.15) is 4.98 Å². The van der Waals surface area contributed by atoms with Crippen molar-refractivity contribution in [1.82, 2.24) is 15.5 Å². The van der Waals surface area contributed by atoms with E-state index in [9.17, 15) is 4.79 Å². The van der Waals surface area contributed by atoms with Gasteiger partial charge in [-0.25, -0.2) is 0 Å². The van der Waals surface area contributed by atoms with Crippen LogP contribution >= 0.6 is 11.6 Å². The van der Waals surface area contributed by atoms with Crippen molar-refractivity contribution < 1.29 is 9.32 Å². The number of amides is 1. The van der Waals surface area contributed by atoms with Crippen molar-refractivity contribution in [3.05, 3.63) is 71.1 Å². The lowest BCUT2D eigenvalue weighted by atomic mass is 10.1. The predicted octanol–water partition coefficient (Wildman–Crippen LogP) is 3.64. The van der Waals surface area contributed by atoms with Gasteiger partial charge < -0.3 is 9.84 Å². The van der Waals surface area contributed by atoms with Gasteiger partial charge in [0.25, 0.3) is 0 Å². The molecular formula is C18H16ClN3O2. The molecule has 0 saturated carbocycles. The number of nitrogens with one attached hydrogen (secondary N) is 1. The van der Waals surface area contributed by atoms with Crippen molar-refractivity contribution in [2.75, 3.05) is 0 Å². The van der Waals surface area contributed by atoms with Crippen LogP contribution in [0.5, 0.6) is 0 Å². The summed E-state index contributed by atoms with van der Waals surface area (Å²) in [5, 5.41) is 7.34. The third-order valence-corrected chi connectivity index (χ3v) is 3.74. The minimum Gasteiger partial charge on any atom is -0.347 e. The van der Waals surface area contributed by atoms with Crippen LogP contribution in [-0.4, -0.2) is 16.0 Å². The first-order chi connectivity index (χ1) is 11.7. The fraction of sp³-hybridized carbons (Fsp3) is 0.167. The molecule has 0 aliphatic heterocycles. The number of benzene rings is 2. The van der Waals surface area contributed by atoms with Gasteiger partial charge in [-0.1, -0.05) is 47.1 Å². The van der Waals surface area contributed by atoms with E-state index in [1.165, 1.54) is 0 Å². The van der Waals surface area contributed by atoms with Crippen molar-refractivity contribution >= 4 is 17.5 Å². The standard InChI is InChI=1S/C18H16ClN3O2/c19-15-9-7-14(8-10-15)18-21-17(24-22-18)12-20-16(23)11-6-13-4-2-1-3-5-13/h1-5,7-10H,6,11-12H2,(H,20,23). The van der Waals surface area contributed by atoms with E-state index < -0.39 is 0 Å². The highest BCUT2D eigenvalue weighted by molar-refractivity contribution is 6.30. The topological polar surface area (TPSA) is 68.0 Å². The maximum atomic E-state index is 11.9. The van der Waals surface area contributed by atoms with E-state index in [-0.39, 0.29) is 12.5 Å². The predicted molar refractivity (Wildman–Crippen MR) is 91.4 cm³/mol. The number of aromatic nitrogens is 2. The van der Waals surface area contributed by atoms with E-state index in [0.717, 1.165) is 11.1 Å². The molecule has 6 heteroatoms. The second-order valence-electron chi connectivity index (χ2n) is 5.28. The molecule has 0 aliphatic carbocycles. The van der Waals surface area contributed by atoms with Gasteiger partial charge in [0.1, 0.15) is 0 Å². The van der Waals surface area contributed by atoms with E-state index in [0.29, 0.717) is 29.6 Å². The van der Waals surface area contributed by atoms with Crippen LogP contribution in [0.25, 0.3) is 11.4 Å². The van der Waals surface area contributed by atoms with E-state index in [1.807, 2.05) is 42.5 Å². The van der Waals surface area contributed by atoms with Crippen molar-refractivity contribution in [2.45, 2.75) is 19.4 Å². The van der Waals surface area contributed by atoms with Gasteiger partial charge in [-0.3, -0.25) is 4.79 Å². The summed E-state index contributed by atoms with van der Waals surface area (Å²) in [6.07, 6.45) is 1.12. The number of hydrogen-bond donors (Lipinski definition) is 1. The van der Waals surface area contributed by atoms with Crippen LogP contribution in [0.4, 0.5) is 0 Å². The van der Waals surface area contributed by atoms with Crippen LogP contribution in [-0.2, 0) is 17.8 Å². The number of carbonyl (C=O) groups is 1. The summed E-state index contributed by atoms with van der Waals surface area (Å²) < 4.78 is 5.15. The van der Waals surface area contributed by atoms with E-state index in [2.05, 4.69) is 15.5 Å². The number of hydrogen-bond acceptors (Lipinski definition) is 4. The summed E-state index contributed by atoms with van der Waals surface area (Å²) in [4.78, 5) is 16.2. The molecule has 24 heavy (non-hydrogen) atoms. The number of halogens is 1. The fourth-order valence-electron chi connectivity index (χ4n) is 2.21. The maximum absolute atomic E-state index is 11.9. The van der Waals surface area contributed by atoms with E-state index in [4.69, 9.17) is 16.1 Å². The SMILES string of the molecule is O=C(CCc1ccccc1)NCc1nc(-c2ccc(Cl)cc2)no1. The van der Waals surface area contributed by atoms with Crippen molar-refractivity contribution in [3.63, 3.8) is 0 Å². The molecule has 0 fully saturated rings. The Hall–Kier alpha value is -2.66. The Morgan fingerprint density at radius 1 is 1.08 bits per heavy atom. The molecule has 3 aromatic rings. The van der Waals surface area contributed by atoms with Crippen molar-refractivity contribution in [2.24, 2.45) is 0 Å². The van der Waals surface area contributed by atoms with Crippen LogP contribution < -0.4 is 5.32 Å². The Kier molecular flexibility index (Phi) is 5.23. The minimum absolute atomic E-state index is 0.0508. The zero-order valence-electron chi connectivity index (χ0n) is 12.9. The van der Waals surface area contributed by atoms with Crippen LogP contribution in [0.3, 0.4) is 0 Å². The Balaban J connectivity index is 1.50. The summed E-state index contributed by atoms with van der Waals surface area (Å²) in [7, 11) is 0. The van der Waals surface area contributed by atoms with Gasteiger partial charge >= 0.3 is 0 Å². The largest absolute Gasteiger partial charge is 0.347 e. The third-order valence-electron chi connectivity index (χ3n) is 3.49. The lowest BCUT2D eigenvalue weighted by molar-refractivity contribution is -0.121. The van der Waals surface area contributed by atoms with Crippen LogP contribution in [0, 0.1) is 0 Å². The van der Waals surface area contributed by atoms with Crippen molar-refractivity contribution in [3.8, 4) is 11.4 Å². The maximum Gasteiger partial charge on any atom is 0.246 e. The normalized spacial score (nSPS) is 10.5. The van der Waals surface area contributed by atoms with Gasteiger partial charge in [0.15, 0.2) is 0 Å². The van der Waals surface area contributed by atoms with Gasteiger partial charge in [0.2, 0.25) is 17.6 Å². The summed E-state index contributed by atoms with van der Waals surface area (Å²) in [6, 6.07) is 17.0. The first-order valence-electron chi connectivity index (χ1n) is 7.60. The van der Waals surface area contributed by atoms with Crippen LogP contribution in [0.15, 0.2) is 59.1 Å². The van der Waals surface area contributed by atoms with E-state index in [1.54, 1.807) is 12.1 Å². The first kappa shape index (κ1) is 16.2. The second kappa shape index (κ2) is 7.75. The third kappa shape index (κ3) is 4.43. The molecule has 0 atom stereocenters. The minimum atomic E-state index is -0.0508. The number of aryl methyl sites for hydroxylation is 1. The molecule has 0 spiro atoms. The summed E-state index contributed by atoms with van der Waals surface area (Å²) in [5.41, 5.74) is 1.94.